The average Bonchev–Trinajstić information content (AvgIpc) is 2.52. The summed E-state index contributed by atoms with van der Waals surface area (Å²) in [6.45, 7) is 1.43. The third-order valence-electron chi connectivity index (χ3n) is 3.47. The van der Waals surface area contributed by atoms with Crippen LogP contribution in [0.15, 0.2) is 48.5 Å². The molecule has 2 N–H and O–H groups in total. The molecule has 0 saturated carbocycles. The van der Waals surface area contributed by atoms with Crippen LogP contribution in [0.1, 0.15) is 18.1 Å². The Labute approximate surface area is 141 Å². The van der Waals surface area contributed by atoms with Crippen LogP contribution in [0.25, 0.3) is 0 Å². The van der Waals surface area contributed by atoms with Gasteiger partial charge in [0.15, 0.2) is 0 Å². The molecule has 0 unspecified atom stereocenters. The molecular formula is C17H19N3O3S. The van der Waals surface area contributed by atoms with Crippen molar-refractivity contribution in [1.29, 1.82) is 5.41 Å². The van der Waals surface area contributed by atoms with E-state index >= 15 is 0 Å². The summed E-state index contributed by atoms with van der Waals surface area (Å²) in [7, 11) is -1.82. The molecule has 2 aromatic rings. The number of anilines is 2. The lowest BCUT2D eigenvalue weighted by atomic mass is 9.99. The van der Waals surface area contributed by atoms with E-state index in [1.165, 1.54) is 11.8 Å². The molecule has 0 aliphatic heterocycles. The van der Waals surface area contributed by atoms with E-state index in [1.54, 1.807) is 37.4 Å². The maximum absolute atomic E-state index is 11.7. The first-order valence-corrected chi connectivity index (χ1v) is 9.08. The smallest absolute Gasteiger partial charge is 0.229 e. The minimum absolute atomic E-state index is 0.180. The molecule has 126 valence electrons. The van der Waals surface area contributed by atoms with Crippen LogP contribution in [-0.2, 0) is 14.8 Å². The van der Waals surface area contributed by atoms with Crippen LogP contribution in [0.3, 0.4) is 0 Å². The standard InChI is InChI=1S/C17H19N3O3S/c1-12(21)20(2)16-10-9-14(19-24(3,22)23)11-15(16)17(18)13-7-5-4-6-8-13/h4-11,18-19H,1-3H3. The lowest BCUT2D eigenvalue weighted by molar-refractivity contribution is -0.116. The van der Waals surface area contributed by atoms with Gasteiger partial charge in [-0.2, -0.15) is 0 Å². The Kier molecular flexibility index (Phi) is 5.04. The monoisotopic (exact) mass is 345 g/mol. The van der Waals surface area contributed by atoms with Crippen molar-refractivity contribution in [3.63, 3.8) is 0 Å². The second-order valence-corrected chi connectivity index (χ2v) is 7.17. The molecule has 6 nitrogen and oxygen atoms in total. The Morgan fingerprint density at radius 1 is 1.12 bits per heavy atom. The van der Waals surface area contributed by atoms with E-state index in [-0.39, 0.29) is 11.6 Å². The number of amides is 1. The Morgan fingerprint density at radius 3 is 2.29 bits per heavy atom. The summed E-state index contributed by atoms with van der Waals surface area (Å²) in [5, 5.41) is 8.46. The summed E-state index contributed by atoms with van der Waals surface area (Å²) in [4.78, 5) is 13.1. The lowest BCUT2D eigenvalue weighted by Gasteiger charge is -2.21. The molecule has 0 aromatic heterocycles. The third kappa shape index (κ3) is 4.20. The predicted molar refractivity (Wildman–Crippen MR) is 96.4 cm³/mol. The summed E-state index contributed by atoms with van der Waals surface area (Å²) in [5.74, 6) is -0.180. The fourth-order valence-electron chi connectivity index (χ4n) is 2.24. The topological polar surface area (TPSA) is 90.3 Å². The third-order valence-corrected chi connectivity index (χ3v) is 4.07. The molecule has 0 atom stereocenters. The van der Waals surface area contributed by atoms with Crippen LogP contribution < -0.4 is 9.62 Å². The lowest BCUT2D eigenvalue weighted by Crippen LogP contribution is -2.25. The van der Waals surface area contributed by atoms with Crippen molar-refractivity contribution in [2.75, 3.05) is 22.9 Å². The SMILES string of the molecule is CC(=O)N(C)c1ccc(NS(C)(=O)=O)cc1C(=N)c1ccccc1. The Morgan fingerprint density at radius 2 is 1.75 bits per heavy atom. The number of hydrogen-bond acceptors (Lipinski definition) is 4. The van der Waals surface area contributed by atoms with E-state index in [1.807, 2.05) is 18.2 Å². The number of carbonyl (C=O) groups excluding carboxylic acids is 1. The molecule has 24 heavy (non-hydrogen) atoms. The van der Waals surface area contributed by atoms with E-state index in [9.17, 15) is 13.2 Å². The summed E-state index contributed by atoms with van der Waals surface area (Å²) >= 11 is 0. The Balaban J connectivity index is 2.57. The van der Waals surface area contributed by atoms with Gasteiger partial charge in [0.25, 0.3) is 0 Å². The van der Waals surface area contributed by atoms with Gasteiger partial charge in [0, 0.05) is 30.8 Å². The van der Waals surface area contributed by atoms with Gasteiger partial charge < -0.3 is 4.90 Å². The van der Waals surface area contributed by atoms with Gasteiger partial charge in [-0.05, 0) is 18.2 Å². The number of sulfonamides is 1. The second-order valence-electron chi connectivity index (χ2n) is 5.43. The van der Waals surface area contributed by atoms with Gasteiger partial charge in [-0.15, -0.1) is 0 Å². The van der Waals surface area contributed by atoms with Gasteiger partial charge in [-0.3, -0.25) is 14.9 Å². The highest BCUT2D eigenvalue weighted by Crippen LogP contribution is 2.26. The molecule has 2 aromatic carbocycles. The van der Waals surface area contributed by atoms with Gasteiger partial charge in [0.2, 0.25) is 15.9 Å². The first-order chi connectivity index (χ1) is 11.2. The highest BCUT2D eigenvalue weighted by Gasteiger charge is 2.17. The van der Waals surface area contributed by atoms with Crippen molar-refractivity contribution in [1.82, 2.24) is 0 Å². The molecule has 0 aliphatic carbocycles. The largest absolute Gasteiger partial charge is 0.315 e. The maximum Gasteiger partial charge on any atom is 0.229 e. The molecule has 7 heteroatoms. The normalized spacial score (nSPS) is 11.0. The quantitative estimate of drug-likeness (QED) is 0.816. The molecule has 2 rings (SSSR count). The summed E-state index contributed by atoms with van der Waals surface area (Å²) < 4.78 is 25.3. The van der Waals surface area contributed by atoms with Gasteiger partial charge >= 0.3 is 0 Å². The predicted octanol–water partition coefficient (Wildman–Crippen LogP) is 2.46. The maximum atomic E-state index is 11.7. The molecule has 0 fully saturated rings. The van der Waals surface area contributed by atoms with Crippen molar-refractivity contribution < 1.29 is 13.2 Å². The average molecular weight is 345 g/mol. The zero-order chi connectivity index (χ0) is 17.9. The summed E-state index contributed by atoms with van der Waals surface area (Å²) in [6.07, 6.45) is 1.06. The molecule has 0 radical (unpaired) electrons. The number of nitrogens with zero attached hydrogens (tertiary/aromatic N) is 1. The molecule has 1 amide bonds. The first kappa shape index (κ1) is 17.7. The van der Waals surface area contributed by atoms with Crippen LogP contribution in [0.4, 0.5) is 11.4 Å². The minimum Gasteiger partial charge on any atom is -0.315 e. The number of nitrogens with one attached hydrogen (secondary N) is 2. The number of benzene rings is 2. The van der Waals surface area contributed by atoms with E-state index < -0.39 is 10.0 Å². The van der Waals surface area contributed by atoms with Crippen LogP contribution in [0, 0.1) is 5.41 Å². The molecule has 0 heterocycles. The van der Waals surface area contributed by atoms with Gasteiger partial charge in [0.05, 0.1) is 17.7 Å². The minimum atomic E-state index is -3.43. The zero-order valence-corrected chi connectivity index (χ0v) is 14.5. The molecule has 0 saturated heterocycles. The number of rotatable bonds is 5. The number of carbonyl (C=O) groups is 1. The van der Waals surface area contributed by atoms with Gasteiger partial charge in [-0.25, -0.2) is 8.42 Å². The van der Waals surface area contributed by atoms with Crippen molar-refractivity contribution >= 4 is 33.0 Å². The second kappa shape index (κ2) is 6.84. The highest BCUT2D eigenvalue weighted by atomic mass is 32.2. The Bertz CT molecular complexity index is 877. The summed E-state index contributed by atoms with van der Waals surface area (Å²) in [6, 6.07) is 13.8. The fourth-order valence-corrected chi connectivity index (χ4v) is 2.79. The molecular weight excluding hydrogens is 326 g/mol. The van der Waals surface area contributed by atoms with E-state index in [0.717, 1.165) is 6.26 Å². The molecule has 0 bridgehead atoms. The fraction of sp³-hybridized carbons (Fsp3) is 0.176. The first-order valence-electron chi connectivity index (χ1n) is 7.19. The van der Waals surface area contributed by atoms with Gasteiger partial charge in [0.1, 0.15) is 0 Å². The highest BCUT2D eigenvalue weighted by molar-refractivity contribution is 7.92. The van der Waals surface area contributed by atoms with Crippen LogP contribution >= 0.6 is 0 Å². The van der Waals surface area contributed by atoms with Crippen molar-refractivity contribution in [3.8, 4) is 0 Å². The van der Waals surface area contributed by atoms with Gasteiger partial charge in [-0.1, -0.05) is 30.3 Å². The zero-order valence-electron chi connectivity index (χ0n) is 13.7. The van der Waals surface area contributed by atoms with Crippen molar-refractivity contribution in [2.24, 2.45) is 0 Å². The van der Waals surface area contributed by atoms with Crippen molar-refractivity contribution in [2.45, 2.75) is 6.92 Å². The van der Waals surface area contributed by atoms with E-state index in [2.05, 4.69) is 4.72 Å². The number of hydrogen-bond donors (Lipinski definition) is 2. The van der Waals surface area contributed by atoms with Crippen LogP contribution in [0.5, 0.6) is 0 Å². The van der Waals surface area contributed by atoms with Crippen LogP contribution in [0.2, 0.25) is 0 Å². The molecule has 0 aliphatic rings. The van der Waals surface area contributed by atoms with Crippen LogP contribution in [-0.4, -0.2) is 33.3 Å². The summed E-state index contributed by atoms with van der Waals surface area (Å²) in [5.41, 5.74) is 2.22. The van der Waals surface area contributed by atoms with Crippen molar-refractivity contribution in [3.05, 3.63) is 59.7 Å². The van der Waals surface area contributed by atoms with E-state index in [0.29, 0.717) is 22.5 Å². The Hall–Kier alpha value is -2.67. The molecule has 0 spiro atoms. The van der Waals surface area contributed by atoms with E-state index in [4.69, 9.17) is 5.41 Å².